The molecule has 0 atom stereocenters. The molecule has 0 saturated heterocycles. The maximum Gasteiger partial charge on any atom is 0.268 e. The SMILES string of the molecule is COc1cc2nccc(Oc3ccc(NC(=O)c4cc5c(n(-c6ccccc6)c4=O)CCCC5=O)nc3)c2cc1OC.O=S(=O)(O)CCS(=O)(=O)O. The number of rotatable bonds is 10. The number of anilines is 1. The molecule has 6 rings (SSSR count). The standard InChI is InChI=1S/C32H26N4O6.C2H6O6S2/c1-40-28-16-21-24(17-29(28)41-2)33-14-13-27(21)42-20-11-12-30(34-18-20)35-31(38)23-15-22-25(9-6-10-26(22)37)36(32(23)39)19-7-4-3-5-8-19;3-9(4,5)1-2-10(6,7)8/h3-5,7-8,11-18H,6,9-10H2,1-2H3,(H,34,35,38);1-2H2,(H,3,4,5)(H,6,7,8). The van der Waals surface area contributed by atoms with E-state index in [1.54, 1.807) is 75.0 Å². The van der Waals surface area contributed by atoms with Gasteiger partial charge < -0.3 is 19.5 Å². The van der Waals surface area contributed by atoms with E-state index in [2.05, 4.69) is 15.3 Å². The van der Waals surface area contributed by atoms with Gasteiger partial charge in [-0.1, -0.05) is 18.2 Å². The summed E-state index contributed by atoms with van der Waals surface area (Å²) < 4.78 is 73.7. The molecule has 1 aliphatic carbocycles. The molecule has 0 spiro atoms. The highest BCUT2D eigenvalue weighted by molar-refractivity contribution is 7.89. The second kappa shape index (κ2) is 15.7. The lowest BCUT2D eigenvalue weighted by molar-refractivity contribution is 0.0970. The molecule has 5 aromatic rings. The molecular formula is C34H32N4O12S2. The van der Waals surface area contributed by atoms with Gasteiger partial charge >= 0.3 is 0 Å². The Labute approximate surface area is 297 Å². The van der Waals surface area contributed by atoms with Crippen molar-refractivity contribution in [1.29, 1.82) is 0 Å². The van der Waals surface area contributed by atoms with Crippen molar-refractivity contribution in [2.75, 3.05) is 31.0 Å². The molecule has 0 unspecified atom stereocenters. The van der Waals surface area contributed by atoms with Gasteiger partial charge in [-0.15, -0.1) is 0 Å². The van der Waals surface area contributed by atoms with Crippen molar-refractivity contribution in [1.82, 2.24) is 14.5 Å². The molecule has 272 valence electrons. The van der Waals surface area contributed by atoms with Crippen molar-refractivity contribution in [2.24, 2.45) is 0 Å². The van der Waals surface area contributed by atoms with Gasteiger partial charge in [-0.25, -0.2) is 4.98 Å². The summed E-state index contributed by atoms with van der Waals surface area (Å²) >= 11 is 0. The second-order valence-corrected chi connectivity index (χ2v) is 14.4. The third-order valence-corrected chi connectivity index (χ3v) is 9.39. The molecule has 1 aliphatic rings. The number of nitrogens with one attached hydrogen (secondary N) is 1. The summed E-state index contributed by atoms with van der Waals surface area (Å²) in [6, 6.07) is 18.9. The first-order valence-electron chi connectivity index (χ1n) is 15.4. The van der Waals surface area contributed by atoms with Crippen LogP contribution in [-0.2, 0) is 26.7 Å². The van der Waals surface area contributed by atoms with E-state index in [0.717, 1.165) is 0 Å². The predicted octanol–water partition coefficient (Wildman–Crippen LogP) is 4.12. The molecule has 0 bridgehead atoms. The number of pyridine rings is 3. The van der Waals surface area contributed by atoms with E-state index in [1.165, 1.54) is 16.8 Å². The number of amides is 1. The number of para-hydroxylation sites is 1. The van der Waals surface area contributed by atoms with E-state index in [1.807, 2.05) is 6.07 Å². The maximum atomic E-state index is 13.6. The van der Waals surface area contributed by atoms with Crippen LogP contribution in [-0.4, -0.2) is 77.9 Å². The second-order valence-electron chi connectivity index (χ2n) is 11.2. The van der Waals surface area contributed by atoms with Gasteiger partial charge in [0.15, 0.2) is 17.3 Å². The van der Waals surface area contributed by atoms with E-state index in [4.69, 9.17) is 23.3 Å². The highest BCUT2D eigenvalue weighted by Gasteiger charge is 2.26. The third kappa shape index (κ3) is 9.15. The maximum absolute atomic E-state index is 13.6. The quantitative estimate of drug-likeness (QED) is 0.171. The lowest BCUT2D eigenvalue weighted by atomic mass is 9.92. The topological polar surface area (TPSA) is 230 Å². The van der Waals surface area contributed by atoms with Gasteiger partial charge in [0.1, 0.15) is 22.9 Å². The lowest BCUT2D eigenvalue weighted by Gasteiger charge is -2.21. The van der Waals surface area contributed by atoms with Crippen LogP contribution >= 0.6 is 0 Å². The van der Waals surface area contributed by atoms with Crippen LogP contribution < -0.4 is 25.1 Å². The predicted molar refractivity (Wildman–Crippen MR) is 189 cm³/mol. The van der Waals surface area contributed by atoms with Crippen LogP contribution in [0.5, 0.6) is 23.0 Å². The van der Waals surface area contributed by atoms with E-state index in [9.17, 15) is 31.2 Å². The Morgan fingerprint density at radius 1 is 0.846 bits per heavy atom. The van der Waals surface area contributed by atoms with Crippen LogP contribution in [0.1, 0.15) is 39.3 Å². The summed E-state index contributed by atoms with van der Waals surface area (Å²) in [5.74, 6) is -0.460. The summed E-state index contributed by atoms with van der Waals surface area (Å²) in [6.45, 7) is 0. The van der Waals surface area contributed by atoms with Crippen LogP contribution in [0, 0.1) is 0 Å². The van der Waals surface area contributed by atoms with Gasteiger partial charge in [0.25, 0.3) is 31.7 Å². The molecule has 3 N–H and O–H groups in total. The van der Waals surface area contributed by atoms with Gasteiger partial charge in [0.05, 0.1) is 37.4 Å². The van der Waals surface area contributed by atoms with E-state index >= 15 is 0 Å². The Balaban J connectivity index is 0.000000459. The Hall–Kier alpha value is -5.69. The highest BCUT2D eigenvalue weighted by atomic mass is 32.2. The molecule has 2 aromatic carbocycles. The fraction of sp³-hybridized carbons (Fsp3) is 0.206. The minimum atomic E-state index is -4.30. The first-order chi connectivity index (χ1) is 24.7. The van der Waals surface area contributed by atoms with Crippen LogP contribution in [0.25, 0.3) is 16.6 Å². The van der Waals surface area contributed by atoms with Gasteiger partial charge in [-0.2, -0.15) is 16.8 Å². The molecule has 0 fully saturated rings. The van der Waals surface area contributed by atoms with Crippen LogP contribution in [0.4, 0.5) is 5.82 Å². The fourth-order valence-corrected chi connectivity index (χ4v) is 6.96. The number of hydrogen-bond acceptors (Lipinski definition) is 12. The molecular weight excluding hydrogens is 721 g/mol. The van der Waals surface area contributed by atoms with Crippen molar-refractivity contribution < 1.29 is 49.7 Å². The zero-order chi connectivity index (χ0) is 37.6. The normalized spacial score (nSPS) is 12.7. The molecule has 1 amide bonds. The number of ketones is 1. The third-order valence-electron chi connectivity index (χ3n) is 7.69. The summed E-state index contributed by atoms with van der Waals surface area (Å²) in [7, 11) is -5.49. The molecule has 18 heteroatoms. The van der Waals surface area contributed by atoms with E-state index < -0.39 is 43.2 Å². The number of aromatic nitrogens is 3. The number of benzene rings is 2. The highest BCUT2D eigenvalue weighted by Crippen LogP contribution is 2.37. The Morgan fingerprint density at radius 2 is 1.52 bits per heavy atom. The molecule has 16 nitrogen and oxygen atoms in total. The number of Topliss-reactive ketones (excluding diaryl/α,β-unsaturated/α-hetero) is 1. The average molecular weight is 753 g/mol. The molecule has 3 aromatic heterocycles. The van der Waals surface area contributed by atoms with E-state index in [-0.39, 0.29) is 17.2 Å². The summed E-state index contributed by atoms with van der Waals surface area (Å²) in [6.07, 6.45) is 4.68. The molecule has 0 aliphatic heterocycles. The number of carbonyl (C=O) groups is 2. The van der Waals surface area contributed by atoms with Crippen molar-refractivity contribution >= 4 is 48.6 Å². The molecule has 0 radical (unpaired) electrons. The number of nitrogens with zero attached hydrogens (tertiary/aromatic N) is 3. The Bertz CT molecular complexity index is 2390. The number of fused-ring (bicyclic) bond motifs is 2. The fourth-order valence-electron chi connectivity index (χ4n) is 5.28. The molecule has 52 heavy (non-hydrogen) atoms. The van der Waals surface area contributed by atoms with Gasteiger partial charge in [0, 0.05) is 41.0 Å². The Kier molecular flexibility index (Phi) is 11.3. The smallest absolute Gasteiger partial charge is 0.268 e. The molecule has 3 heterocycles. The van der Waals surface area contributed by atoms with Crippen molar-refractivity contribution in [3.63, 3.8) is 0 Å². The van der Waals surface area contributed by atoms with Crippen LogP contribution in [0.3, 0.4) is 0 Å². The largest absolute Gasteiger partial charge is 0.493 e. The summed E-state index contributed by atoms with van der Waals surface area (Å²) in [5, 5.41) is 3.39. The lowest BCUT2D eigenvalue weighted by Crippen LogP contribution is -2.33. The van der Waals surface area contributed by atoms with E-state index in [0.29, 0.717) is 70.1 Å². The number of carbonyl (C=O) groups excluding carboxylic acids is 2. The van der Waals surface area contributed by atoms with Gasteiger partial charge in [-0.05, 0) is 55.3 Å². The number of methoxy groups -OCH3 is 2. The van der Waals surface area contributed by atoms with Crippen molar-refractivity contribution in [3.05, 3.63) is 106 Å². The first kappa shape index (κ1) is 37.6. The van der Waals surface area contributed by atoms with Crippen molar-refractivity contribution in [2.45, 2.75) is 19.3 Å². The summed E-state index contributed by atoms with van der Waals surface area (Å²) in [5.41, 5.74) is 1.64. The number of ether oxygens (including phenoxy) is 3. The average Bonchev–Trinajstić information content (AvgIpc) is 3.11. The molecule has 0 saturated carbocycles. The zero-order valence-corrected chi connectivity index (χ0v) is 29.3. The zero-order valence-electron chi connectivity index (χ0n) is 27.7. The minimum Gasteiger partial charge on any atom is -0.493 e. The summed E-state index contributed by atoms with van der Waals surface area (Å²) in [4.78, 5) is 48.3. The van der Waals surface area contributed by atoms with Crippen molar-refractivity contribution in [3.8, 4) is 28.7 Å². The number of hydrogen-bond donors (Lipinski definition) is 3. The van der Waals surface area contributed by atoms with Gasteiger partial charge in [-0.3, -0.25) is 33.0 Å². The minimum absolute atomic E-state index is 0.0886. The van der Waals surface area contributed by atoms with Crippen LogP contribution in [0.2, 0.25) is 0 Å². The monoisotopic (exact) mass is 752 g/mol. The van der Waals surface area contributed by atoms with Crippen LogP contribution in [0.15, 0.2) is 83.9 Å². The Morgan fingerprint density at radius 3 is 2.13 bits per heavy atom. The first-order valence-corrected chi connectivity index (χ1v) is 18.6. The van der Waals surface area contributed by atoms with Gasteiger partial charge in [0.2, 0.25) is 0 Å².